The van der Waals surface area contributed by atoms with E-state index in [0.717, 1.165) is 17.7 Å². The van der Waals surface area contributed by atoms with Crippen molar-refractivity contribution < 1.29 is 4.74 Å². The standard InChI is InChI=1S/C16H20BrNO/c17-12-16(8-3-1-2-4-9-16)13-19-15-7-5-6-14(10-15)11-18/h5-7,10H,1-4,8-9,12-13H2. The maximum Gasteiger partial charge on any atom is 0.120 e. The van der Waals surface area contributed by atoms with E-state index in [-0.39, 0.29) is 5.41 Å². The number of rotatable bonds is 4. The molecule has 19 heavy (non-hydrogen) atoms. The normalized spacial score (nSPS) is 18.3. The van der Waals surface area contributed by atoms with Gasteiger partial charge in [-0.05, 0) is 31.0 Å². The van der Waals surface area contributed by atoms with Crippen LogP contribution in [0.15, 0.2) is 24.3 Å². The van der Waals surface area contributed by atoms with Crippen molar-refractivity contribution in [1.29, 1.82) is 5.26 Å². The predicted octanol–water partition coefficient (Wildman–Crippen LogP) is 4.67. The molecule has 1 fully saturated rings. The largest absolute Gasteiger partial charge is 0.493 e. The predicted molar refractivity (Wildman–Crippen MR) is 80.6 cm³/mol. The van der Waals surface area contributed by atoms with E-state index in [2.05, 4.69) is 22.0 Å². The minimum Gasteiger partial charge on any atom is -0.493 e. The fourth-order valence-corrected chi connectivity index (χ4v) is 3.41. The Labute approximate surface area is 123 Å². The summed E-state index contributed by atoms with van der Waals surface area (Å²) in [5, 5.41) is 9.90. The van der Waals surface area contributed by atoms with Crippen LogP contribution in [-0.2, 0) is 0 Å². The minimum absolute atomic E-state index is 0.263. The molecule has 0 bridgehead atoms. The highest BCUT2D eigenvalue weighted by atomic mass is 79.9. The molecule has 3 heteroatoms. The van der Waals surface area contributed by atoms with Crippen LogP contribution in [0.25, 0.3) is 0 Å². The lowest BCUT2D eigenvalue weighted by Crippen LogP contribution is -2.29. The Balaban J connectivity index is 2.00. The van der Waals surface area contributed by atoms with E-state index in [1.165, 1.54) is 38.5 Å². The van der Waals surface area contributed by atoms with Crippen molar-refractivity contribution in [2.24, 2.45) is 5.41 Å². The van der Waals surface area contributed by atoms with E-state index in [1.807, 2.05) is 18.2 Å². The first-order chi connectivity index (χ1) is 9.28. The van der Waals surface area contributed by atoms with Crippen LogP contribution < -0.4 is 4.74 Å². The molecule has 0 N–H and O–H groups in total. The Bertz CT molecular complexity index is 444. The van der Waals surface area contributed by atoms with Gasteiger partial charge in [-0.1, -0.05) is 47.7 Å². The van der Waals surface area contributed by atoms with Gasteiger partial charge in [0.05, 0.1) is 18.2 Å². The molecule has 0 aromatic heterocycles. The highest BCUT2D eigenvalue weighted by molar-refractivity contribution is 9.09. The van der Waals surface area contributed by atoms with Crippen molar-refractivity contribution in [3.05, 3.63) is 29.8 Å². The first kappa shape index (κ1) is 14.4. The van der Waals surface area contributed by atoms with Gasteiger partial charge in [0.25, 0.3) is 0 Å². The first-order valence-corrected chi connectivity index (χ1v) is 8.09. The number of hydrogen-bond donors (Lipinski definition) is 0. The summed E-state index contributed by atoms with van der Waals surface area (Å²) in [6, 6.07) is 9.58. The summed E-state index contributed by atoms with van der Waals surface area (Å²) in [6.45, 7) is 0.743. The molecule has 1 aromatic carbocycles. The van der Waals surface area contributed by atoms with Gasteiger partial charge >= 0.3 is 0 Å². The van der Waals surface area contributed by atoms with Crippen LogP contribution in [0.4, 0.5) is 0 Å². The van der Waals surface area contributed by atoms with E-state index in [4.69, 9.17) is 10.00 Å². The highest BCUT2D eigenvalue weighted by Crippen LogP contribution is 2.37. The van der Waals surface area contributed by atoms with E-state index in [1.54, 1.807) is 6.07 Å². The summed E-state index contributed by atoms with van der Waals surface area (Å²) < 4.78 is 5.96. The third-order valence-electron chi connectivity index (χ3n) is 3.96. The topological polar surface area (TPSA) is 33.0 Å². The molecule has 0 radical (unpaired) electrons. The molecule has 0 amide bonds. The van der Waals surface area contributed by atoms with Crippen LogP contribution >= 0.6 is 15.9 Å². The molecule has 1 aliphatic carbocycles. The quantitative estimate of drug-likeness (QED) is 0.596. The highest BCUT2D eigenvalue weighted by Gasteiger charge is 2.30. The summed E-state index contributed by atoms with van der Waals surface area (Å²) in [4.78, 5) is 0. The number of ether oxygens (including phenoxy) is 1. The molecular formula is C16H20BrNO. The molecule has 0 saturated heterocycles. The minimum atomic E-state index is 0.263. The molecule has 0 spiro atoms. The Morgan fingerprint density at radius 1 is 1.21 bits per heavy atom. The molecule has 2 nitrogen and oxygen atoms in total. The van der Waals surface area contributed by atoms with Gasteiger partial charge in [0, 0.05) is 10.7 Å². The van der Waals surface area contributed by atoms with Gasteiger partial charge in [-0.3, -0.25) is 0 Å². The van der Waals surface area contributed by atoms with Crippen LogP contribution in [0.2, 0.25) is 0 Å². The molecule has 0 unspecified atom stereocenters. The smallest absolute Gasteiger partial charge is 0.120 e. The molecule has 1 aromatic rings. The zero-order valence-corrected chi connectivity index (χ0v) is 12.8. The van der Waals surface area contributed by atoms with Crippen LogP contribution in [0, 0.1) is 16.7 Å². The second-order valence-electron chi connectivity index (χ2n) is 5.48. The van der Waals surface area contributed by atoms with Crippen LogP contribution in [-0.4, -0.2) is 11.9 Å². The first-order valence-electron chi connectivity index (χ1n) is 6.97. The van der Waals surface area contributed by atoms with Gasteiger partial charge in [-0.25, -0.2) is 0 Å². The molecule has 0 aliphatic heterocycles. The lowest BCUT2D eigenvalue weighted by molar-refractivity contribution is 0.149. The zero-order chi connectivity index (χ0) is 13.6. The number of nitrogens with zero attached hydrogens (tertiary/aromatic N) is 1. The van der Waals surface area contributed by atoms with Crippen molar-refractivity contribution in [3.8, 4) is 11.8 Å². The van der Waals surface area contributed by atoms with Gasteiger partial charge in [0.15, 0.2) is 0 Å². The fraction of sp³-hybridized carbons (Fsp3) is 0.562. The maximum atomic E-state index is 8.90. The van der Waals surface area contributed by atoms with Gasteiger partial charge in [-0.15, -0.1) is 0 Å². The van der Waals surface area contributed by atoms with Crippen molar-refractivity contribution >= 4 is 15.9 Å². The lowest BCUT2D eigenvalue weighted by Gasteiger charge is -2.30. The molecule has 0 heterocycles. The maximum absolute atomic E-state index is 8.90. The number of benzene rings is 1. The Morgan fingerprint density at radius 3 is 2.58 bits per heavy atom. The second kappa shape index (κ2) is 6.96. The van der Waals surface area contributed by atoms with E-state index in [9.17, 15) is 0 Å². The number of hydrogen-bond acceptors (Lipinski definition) is 2. The zero-order valence-electron chi connectivity index (χ0n) is 11.2. The molecule has 1 saturated carbocycles. The van der Waals surface area contributed by atoms with Crippen LogP contribution in [0.1, 0.15) is 44.1 Å². The molecule has 1 aliphatic rings. The summed E-state index contributed by atoms with van der Waals surface area (Å²) in [7, 11) is 0. The summed E-state index contributed by atoms with van der Waals surface area (Å²) in [6.07, 6.45) is 7.75. The fourth-order valence-electron chi connectivity index (χ4n) is 2.69. The van der Waals surface area contributed by atoms with Gasteiger partial charge in [0.1, 0.15) is 5.75 Å². The molecule has 2 rings (SSSR count). The monoisotopic (exact) mass is 321 g/mol. The van der Waals surface area contributed by atoms with Gasteiger partial charge in [0.2, 0.25) is 0 Å². The Morgan fingerprint density at radius 2 is 1.95 bits per heavy atom. The summed E-state index contributed by atoms with van der Waals surface area (Å²) in [5.74, 6) is 0.809. The Hall–Kier alpha value is -1.01. The average Bonchev–Trinajstić information content (AvgIpc) is 2.71. The van der Waals surface area contributed by atoms with Gasteiger partial charge < -0.3 is 4.74 Å². The summed E-state index contributed by atoms with van der Waals surface area (Å²) >= 11 is 3.67. The molecule has 0 atom stereocenters. The second-order valence-corrected chi connectivity index (χ2v) is 6.04. The summed E-state index contributed by atoms with van der Waals surface area (Å²) in [5.41, 5.74) is 0.922. The van der Waals surface area contributed by atoms with E-state index in [0.29, 0.717) is 5.56 Å². The van der Waals surface area contributed by atoms with Crippen LogP contribution in [0.5, 0.6) is 5.75 Å². The van der Waals surface area contributed by atoms with Crippen molar-refractivity contribution in [2.45, 2.75) is 38.5 Å². The van der Waals surface area contributed by atoms with E-state index < -0.39 is 0 Å². The number of nitriles is 1. The third-order valence-corrected chi connectivity index (χ3v) is 5.15. The van der Waals surface area contributed by atoms with E-state index >= 15 is 0 Å². The number of halogens is 1. The Kier molecular flexibility index (Phi) is 5.27. The number of alkyl halides is 1. The van der Waals surface area contributed by atoms with Crippen molar-refractivity contribution in [3.63, 3.8) is 0 Å². The van der Waals surface area contributed by atoms with Crippen molar-refractivity contribution in [2.75, 3.05) is 11.9 Å². The van der Waals surface area contributed by atoms with Crippen molar-refractivity contribution in [1.82, 2.24) is 0 Å². The molecular weight excluding hydrogens is 302 g/mol. The lowest BCUT2D eigenvalue weighted by atomic mass is 9.83. The average molecular weight is 322 g/mol. The molecule has 102 valence electrons. The third kappa shape index (κ3) is 3.98. The SMILES string of the molecule is N#Cc1cccc(OCC2(CBr)CCCCCC2)c1. The van der Waals surface area contributed by atoms with Crippen LogP contribution in [0.3, 0.4) is 0 Å². The van der Waals surface area contributed by atoms with Gasteiger partial charge in [-0.2, -0.15) is 5.26 Å².